The number of anilines is 3. The molecule has 286 valence electrons. The highest BCUT2D eigenvalue weighted by molar-refractivity contribution is 7.26. The fourth-order valence-electron chi connectivity index (χ4n) is 9.44. The van der Waals surface area contributed by atoms with Crippen molar-refractivity contribution in [2.75, 3.05) is 4.90 Å². The lowest BCUT2D eigenvalue weighted by Gasteiger charge is -2.30. The van der Waals surface area contributed by atoms with Gasteiger partial charge in [-0.05, 0) is 82.1 Å². The smallest absolute Gasteiger partial charge is 0.0561 e. The zero-order chi connectivity index (χ0) is 40.3. The maximum atomic E-state index is 2.50. The van der Waals surface area contributed by atoms with E-state index in [1.165, 1.54) is 69.5 Å². The Balaban J connectivity index is 1.16. The predicted molar refractivity (Wildman–Crippen MR) is 262 cm³/mol. The first kappa shape index (κ1) is 35.2. The van der Waals surface area contributed by atoms with Gasteiger partial charge in [-0.15, -0.1) is 11.3 Å². The average molecular weight is 795 g/mol. The van der Waals surface area contributed by atoms with E-state index in [2.05, 4.69) is 240 Å². The van der Waals surface area contributed by atoms with Crippen molar-refractivity contribution in [3.63, 3.8) is 0 Å². The van der Waals surface area contributed by atoms with Gasteiger partial charge < -0.3 is 9.47 Å². The van der Waals surface area contributed by atoms with Crippen LogP contribution in [0.1, 0.15) is 0 Å². The van der Waals surface area contributed by atoms with Gasteiger partial charge in [-0.25, -0.2) is 0 Å². The van der Waals surface area contributed by atoms with Crippen molar-refractivity contribution >= 4 is 81.1 Å². The highest BCUT2D eigenvalue weighted by atomic mass is 32.1. The Hall–Kier alpha value is -7.72. The molecule has 0 radical (unpaired) electrons. The van der Waals surface area contributed by atoms with Crippen molar-refractivity contribution < 1.29 is 0 Å². The lowest BCUT2D eigenvalue weighted by atomic mass is 9.93. The second kappa shape index (κ2) is 14.5. The van der Waals surface area contributed by atoms with Crippen LogP contribution >= 0.6 is 11.3 Å². The molecule has 61 heavy (non-hydrogen) atoms. The molecule has 10 aromatic carbocycles. The molecule has 0 aliphatic heterocycles. The Bertz CT molecular complexity index is 3590. The number of fused-ring (bicyclic) bond motifs is 7. The van der Waals surface area contributed by atoms with E-state index in [1.54, 1.807) is 0 Å². The normalized spacial score (nSPS) is 11.6. The number of rotatable bonds is 7. The van der Waals surface area contributed by atoms with E-state index >= 15 is 0 Å². The lowest BCUT2D eigenvalue weighted by Crippen LogP contribution is -2.13. The summed E-state index contributed by atoms with van der Waals surface area (Å²) >= 11 is 1.88. The van der Waals surface area contributed by atoms with Crippen molar-refractivity contribution in [2.45, 2.75) is 0 Å². The lowest BCUT2D eigenvalue weighted by molar-refractivity contribution is 1.18. The molecule has 12 rings (SSSR count). The molecule has 3 heteroatoms. The van der Waals surface area contributed by atoms with Gasteiger partial charge in [-0.3, -0.25) is 0 Å². The Kier molecular flexibility index (Phi) is 8.39. The first-order chi connectivity index (χ1) is 30.3. The molecule has 0 unspecified atom stereocenters. The fraction of sp³-hybridized carbons (Fsp3) is 0. The molecule has 0 N–H and O–H groups in total. The van der Waals surface area contributed by atoms with E-state index in [-0.39, 0.29) is 0 Å². The number of aromatic nitrogens is 1. The van der Waals surface area contributed by atoms with Gasteiger partial charge in [-0.1, -0.05) is 176 Å². The number of nitrogens with zero attached hydrogens (tertiary/aromatic N) is 2. The van der Waals surface area contributed by atoms with Crippen LogP contribution in [-0.4, -0.2) is 4.57 Å². The largest absolute Gasteiger partial charge is 0.309 e. The number of hydrogen-bond acceptors (Lipinski definition) is 2. The summed E-state index contributed by atoms with van der Waals surface area (Å²) in [4.78, 5) is 2.50. The Labute approximate surface area is 358 Å². The van der Waals surface area contributed by atoms with E-state index in [4.69, 9.17) is 0 Å². The zero-order valence-corrected chi connectivity index (χ0v) is 34.1. The maximum absolute atomic E-state index is 2.50. The topological polar surface area (TPSA) is 8.17 Å². The Morgan fingerprint density at radius 1 is 0.344 bits per heavy atom. The monoisotopic (exact) mass is 794 g/mol. The molecule has 0 aliphatic carbocycles. The van der Waals surface area contributed by atoms with E-state index in [0.29, 0.717) is 0 Å². The molecule has 0 saturated carbocycles. The quantitative estimate of drug-likeness (QED) is 0.156. The third-order valence-corrected chi connectivity index (χ3v) is 13.4. The van der Waals surface area contributed by atoms with Crippen molar-refractivity contribution in [3.8, 4) is 39.1 Å². The summed E-state index contributed by atoms with van der Waals surface area (Å²) < 4.78 is 5.01. The van der Waals surface area contributed by atoms with Gasteiger partial charge in [0.05, 0.1) is 22.4 Å². The summed E-state index contributed by atoms with van der Waals surface area (Å²) in [7, 11) is 0. The van der Waals surface area contributed by atoms with Crippen LogP contribution in [0.3, 0.4) is 0 Å². The number of para-hydroxylation sites is 3. The molecule has 0 saturated heterocycles. The third kappa shape index (κ3) is 5.85. The minimum Gasteiger partial charge on any atom is -0.309 e. The summed E-state index contributed by atoms with van der Waals surface area (Å²) in [6.45, 7) is 0. The molecule has 2 heterocycles. The summed E-state index contributed by atoms with van der Waals surface area (Å²) in [5.41, 5.74) is 13.9. The number of hydrogen-bond donors (Lipinski definition) is 0. The maximum Gasteiger partial charge on any atom is 0.0561 e. The number of benzene rings is 10. The first-order valence-electron chi connectivity index (χ1n) is 20.8. The molecule has 2 aromatic heterocycles. The zero-order valence-electron chi connectivity index (χ0n) is 33.2. The van der Waals surface area contributed by atoms with Crippen LogP contribution in [0.15, 0.2) is 231 Å². The molecular formula is C58H38N2S. The van der Waals surface area contributed by atoms with Gasteiger partial charge in [0, 0.05) is 59.0 Å². The van der Waals surface area contributed by atoms with Gasteiger partial charge in [0.1, 0.15) is 0 Å². The second-order valence-electron chi connectivity index (χ2n) is 15.6. The van der Waals surface area contributed by atoms with Crippen LogP contribution in [0.25, 0.3) is 91.8 Å². The summed E-state index contributed by atoms with van der Waals surface area (Å²) in [5, 5.41) is 7.53. The van der Waals surface area contributed by atoms with E-state index in [9.17, 15) is 0 Å². The molecule has 2 nitrogen and oxygen atoms in total. The Morgan fingerprint density at radius 3 is 1.85 bits per heavy atom. The van der Waals surface area contributed by atoms with Crippen molar-refractivity contribution in [1.82, 2.24) is 4.57 Å². The SMILES string of the molecule is c1ccc(-c2cc(-c3cccc4ccccc34)ccc2N(c2ccc3c4ccccc4n(-c4ccccc4)c3c2)c2ccccc2-c2cccc3c2sc2ccccc23)cc1. The van der Waals surface area contributed by atoms with Gasteiger partial charge in [0.15, 0.2) is 0 Å². The van der Waals surface area contributed by atoms with Gasteiger partial charge >= 0.3 is 0 Å². The van der Waals surface area contributed by atoms with Gasteiger partial charge in [-0.2, -0.15) is 0 Å². The highest BCUT2D eigenvalue weighted by Gasteiger charge is 2.24. The summed E-state index contributed by atoms with van der Waals surface area (Å²) in [6.07, 6.45) is 0. The second-order valence-corrected chi connectivity index (χ2v) is 16.7. The van der Waals surface area contributed by atoms with E-state index in [1.807, 2.05) is 11.3 Å². The molecule has 0 atom stereocenters. The minimum absolute atomic E-state index is 1.08. The van der Waals surface area contributed by atoms with E-state index in [0.717, 1.165) is 39.4 Å². The molecular weight excluding hydrogens is 757 g/mol. The average Bonchev–Trinajstić information content (AvgIpc) is 3.88. The summed E-state index contributed by atoms with van der Waals surface area (Å²) in [6, 6.07) is 84.3. The van der Waals surface area contributed by atoms with Crippen molar-refractivity contribution in [1.29, 1.82) is 0 Å². The fourth-order valence-corrected chi connectivity index (χ4v) is 10.7. The molecule has 0 fully saturated rings. The number of thiophene rings is 1. The molecule has 0 spiro atoms. The predicted octanol–water partition coefficient (Wildman–Crippen LogP) is 16.8. The van der Waals surface area contributed by atoms with Crippen LogP contribution < -0.4 is 4.90 Å². The van der Waals surface area contributed by atoms with Gasteiger partial charge in [0.25, 0.3) is 0 Å². The highest BCUT2D eigenvalue weighted by Crippen LogP contribution is 2.49. The minimum atomic E-state index is 1.08. The van der Waals surface area contributed by atoms with Crippen LogP contribution in [0.4, 0.5) is 17.1 Å². The summed E-state index contributed by atoms with van der Waals surface area (Å²) in [5.74, 6) is 0. The standard InChI is InChI=1S/C58H38N2S/c1-3-17-40(18-4-1)52-37-41(45-27-15-20-39-19-7-8-23-44(39)45)33-36-55(52)60(43-34-35-48-46-24-9-12-30-53(46)59(56(48)38-43)42-21-5-2-6-22-42)54-31-13-10-25-47(54)50-28-16-29-51-49-26-11-14-32-57(49)61-58(50)51/h1-38H. The van der Waals surface area contributed by atoms with Crippen LogP contribution in [0.5, 0.6) is 0 Å². The molecule has 0 amide bonds. The van der Waals surface area contributed by atoms with Crippen molar-refractivity contribution in [3.05, 3.63) is 231 Å². The van der Waals surface area contributed by atoms with Crippen LogP contribution in [0.2, 0.25) is 0 Å². The van der Waals surface area contributed by atoms with Crippen molar-refractivity contribution in [2.24, 2.45) is 0 Å². The van der Waals surface area contributed by atoms with Crippen LogP contribution in [0, 0.1) is 0 Å². The molecule has 0 bridgehead atoms. The first-order valence-corrected chi connectivity index (χ1v) is 21.7. The Morgan fingerprint density at radius 2 is 0.967 bits per heavy atom. The molecule has 0 aliphatic rings. The van der Waals surface area contributed by atoms with Crippen LogP contribution in [-0.2, 0) is 0 Å². The van der Waals surface area contributed by atoms with Gasteiger partial charge in [0.2, 0.25) is 0 Å². The van der Waals surface area contributed by atoms with E-state index < -0.39 is 0 Å². The molecule has 12 aromatic rings. The third-order valence-electron chi connectivity index (χ3n) is 12.2.